The van der Waals surface area contributed by atoms with Gasteiger partial charge in [0.05, 0.1) is 10.0 Å². The van der Waals surface area contributed by atoms with E-state index in [1.807, 2.05) is 0 Å². The molecule has 1 aromatic rings. The molecule has 0 amide bonds. The van der Waals surface area contributed by atoms with E-state index in [0.29, 0.717) is 5.75 Å². The number of hydrogen-bond donors (Lipinski definition) is 1. The first-order chi connectivity index (χ1) is 6.15. The number of methoxy groups -OCH3 is 1. The van der Waals surface area contributed by atoms with Crippen LogP contribution in [0.15, 0.2) is 12.1 Å². The highest BCUT2D eigenvalue weighted by Gasteiger charge is 2.08. The average molecular weight is 223 g/mol. The second-order valence-corrected chi connectivity index (χ2v) is 3.10. The summed E-state index contributed by atoms with van der Waals surface area (Å²) in [7, 11) is 1.49. The van der Waals surface area contributed by atoms with E-state index >= 15 is 0 Å². The van der Waals surface area contributed by atoms with Crippen molar-refractivity contribution in [2.45, 2.75) is 0 Å². The number of hydrogen-bond acceptors (Lipinski definition) is 3. The molecule has 3 nitrogen and oxygen atoms in total. The molecule has 13 heavy (non-hydrogen) atoms. The van der Waals surface area contributed by atoms with Crippen LogP contribution in [0.2, 0.25) is 10.0 Å². The zero-order valence-electron chi connectivity index (χ0n) is 6.88. The monoisotopic (exact) mass is 222 g/mol. The van der Waals surface area contributed by atoms with Gasteiger partial charge in [-0.15, -0.1) is 0 Å². The van der Waals surface area contributed by atoms with Gasteiger partial charge in [-0.3, -0.25) is 0 Å². The van der Waals surface area contributed by atoms with E-state index in [2.05, 4.69) is 4.74 Å². The van der Waals surface area contributed by atoms with Crippen LogP contribution < -0.4 is 4.74 Å². The summed E-state index contributed by atoms with van der Waals surface area (Å²) < 4.78 is 9.76. The SMILES string of the molecule is COCOc1c(Cl)cc(O)cc1Cl. The Kier molecular flexibility index (Phi) is 3.66. The zero-order chi connectivity index (χ0) is 9.84. The minimum absolute atomic E-state index is 0.000216. The van der Waals surface area contributed by atoms with Crippen LogP contribution in [-0.4, -0.2) is 19.0 Å². The standard InChI is InChI=1S/C8H8Cl2O3/c1-12-4-13-8-6(9)2-5(11)3-7(8)10/h2-3,11H,4H2,1H3. The Morgan fingerprint density at radius 2 is 1.85 bits per heavy atom. The predicted octanol–water partition coefficient (Wildman–Crippen LogP) is 2.68. The van der Waals surface area contributed by atoms with Gasteiger partial charge in [0.1, 0.15) is 5.75 Å². The molecule has 0 fully saturated rings. The van der Waals surface area contributed by atoms with E-state index in [1.165, 1.54) is 19.2 Å². The molecule has 0 aliphatic rings. The largest absolute Gasteiger partial charge is 0.508 e. The van der Waals surface area contributed by atoms with Crippen LogP contribution in [0.4, 0.5) is 0 Å². The Balaban J connectivity index is 2.92. The highest BCUT2D eigenvalue weighted by atomic mass is 35.5. The van der Waals surface area contributed by atoms with Gasteiger partial charge in [0.25, 0.3) is 0 Å². The summed E-state index contributed by atoms with van der Waals surface area (Å²) in [5, 5.41) is 9.59. The van der Waals surface area contributed by atoms with E-state index in [4.69, 9.17) is 33.0 Å². The number of aromatic hydroxyl groups is 1. The average Bonchev–Trinajstić information content (AvgIpc) is 2.02. The molecule has 0 aromatic heterocycles. The summed E-state index contributed by atoms with van der Waals surface area (Å²) in [6.07, 6.45) is 0. The maximum Gasteiger partial charge on any atom is 0.188 e. The van der Waals surface area contributed by atoms with Crippen molar-refractivity contribution < 1.29 is 14.6 Å². The summed E-state index contributed by atoms with van der Waals surface area (Å²) in [6, 6.07) is 2.69. The van der Waals surface area contributed by atoms with Crippen molar-refractivity contribution in [3.63, 3.8) is 0 Å². The quantitative estimate of drug-likeness (QED) is 0.800. The molecule has 0 spiro atoms. The molecular weight excluding hydrogens is 215 g/mol. The third-order valence-corrected chi connectivity index (χ3v) is 1.87. The summed E-state index contributed by atoms with van der Waals surface area (Å²) in [6.45, 7) is 0.0597. The topological polar surface area (TPSA) is 38.7 Å². The van der Waals surface area contributed by atoms with Crippen LogP contribution in [-0.2, 0) is 4.74 Å². The minimum Gasteiger partial charge on any atom is -0.508 e. The number of ether oxygens (including phenoxy) is 2. The highest BCUT2D eigenvalue weighted by molar-refractivity contribution is 6.37. The molecule has 72 valence electrons. The Morgan fingerprint density at radius 3 is 2.31 bits per heavy atom. The van der Waals surface area contributed by atoms with Gasteiger partial charge < -0.3 is 14.6 Å². The van der Waals surface area contributed by atoms with Crippen molar-refractivity contribution in [2.24, 2.45) is 0 Å². The van der Waals surface area contributed by atoms with Gasteiger partial charge in [-0.2, -0.15) is 0 Å². The van der Waals surface area contributed by atoms with Crippen molar-refractivity contribution in [1.82, 2.24) is 0 Å². The van der Waals surface area contributed by atoms with Gasteiger partial charge in [0.2, 0.25) is 0 Å². The molecule has 0 atom stereocenters. The van der Waals surface area contributed by atoms with Crippen LogP contribution in [0.5, 0.6) is 11.5 Å². The molecule has 0 saturated heterocycles. The van der Waals surface area contributed by atoms with Crippen LogP contribution in [0, 0.1) is 0 Å². The molecule has 0 unspecified atom stereocenters. The summed E-state index contributed by atoms with van der Waals surface area (Å²) >= 11 is 11.5. The Morgan fingerprint density at radius 1 is 1.31 bits per heavy atom. The number of benzene rings is 1. The third kappa shape index (κ3) is 2.66. The Labute approximate surface area is 85.8 Å². The summed E-state index contributed by atoms with van der Waals surface area (Å²) in [5.41, 5.74) is 0. The lowest BCUT2D eigenvalue weighted by Gasteiger charge is -2.08. The minimum atomic E-state index is -0.000216. The molecule has 1 rings (SSSR count). The lowest BCUT2D eigenvalue weighted by molar-refractivity contribution is 0.0512. The van der Waals surface area contributed by atoms with Gasteiger partial charge in [0, 0.05) is 19.2 Å². The van der Waals surface area contributed by atoms with E-state index in [0.717, 1.165) is 0 Å². The van der Waals surface area contributed by atoms with Crippen molar-refractivity contribution in [3.05, 3.63) is 22.2 Å². The van der Waals surface area contributed by atoms with E-state index < -0.39 is 0 Å². The maximum absolute atomic E-state index is 9.09. The Bertz CT molecular complexity index is 278. The van der Waals surface area contributed by atoms with Gasteiger partial charge in [0.15, 0.2) is 12.5 Å². The molecule has 0 aliphatic heterocycles. The molecule has 0 radical (unpaired) electrons. The lowest BCUT2D eigenvalue weighted by atomic mass is 10.3. The normalized spacial score (nSPS) is 10.1. The van der Waals surface area contributed by atoms with Gasteiger partial charge in [-0.25, -0.2) is 0 Å². The third-order valence-electron chi connectivity index (χ3n) is 1.30. The number of phenolic OH excluding ortho intramolecular Hbond substituents is 1. The van der Waals surface area contributed by atoms with Crippen molar-refractivity contribution in [3.8, 4) is 11.5 Å². The van der Waals surface area contributed by atoms with Gasteiger partial charge in [-0.1, -0.05) is 23.2 Å². The molecule has 1 N–H and O–H groups in total. The fourth-order valence-electron chi connectivity index (χ4n) is 0.802. The second-order valence-electron chi connectivity index (χ2n) is 2.29. The maximum atomic E-state index is 9.09. The predicted molar refractivity (Wildman–Crippen MR) is 50.6 cm³/mol. The summed E-state index contributed by atoms with van der Waals surface area (Å²) in [5.74, 6) is 0.308. The van der Waals surface area contributed by atoms with Crippen molar-refractivity contribution in [1.29, 1.82) is 0 Å². The second kappa shape index (κ2) is 4.56. The number of halogens is 2. The lowest BCUT2D eigenvalue weighted by Crippen LogP contribution is -1.99. The molecule has 0 saturated carbocycles. The van der Waals surface area contributed by atoms with Crippen LogP contribution in [0.3, 0.4) is 0 Å². The van der Waals surface area contributed by atoms with Crippen LogP contribution >= 0.6 is 23.2 Å². The summed E-state index contributed by atoms with van der Waals surface area (Å²) in [4.78, 5) is 0. The highest BCUT2D eigenvalue weighted by Crippen LogP contribution is 2.36. The van der Waals surface area contributed by atoms with Gasteiger partial charge in [-0.05, 0) is 0 Å². The molecule has 0 bridgehead atoms. The van der Waals surface area contributed by atoms with Crippen molar-refractivity contribution >= 4 is 23.2 Å². The zero-order valence-corrected chi connectivity index (χ0v) is 8.39. The van der Waals surface area contributed by atoms with E-state index in [1.54, 1.807) is 0 Å². The van der Waals surface area contributed by atoms with Crippen LogP contribution in [0.1, 0.15) is 0 Å². The van der Waals surface area contributed by atoms with E-state index in [-0.39, 0.29) is 22.6 Å². The molecule has 5 heteroatoms. The smallest absolute Gasteiger partial charge is 0.188 e. The first-order valence-corrected chi connectivity index (χ1v) is 4.20. The fourth-order valence-corrected chi connectivity index (χ4v) is 1.39. The Hall–Kier alpha value is -0.640. The molecule has 0 aliphatic carbocycles. The first kappa shape index (κ1) is 10.4. The number of rotatable bonds is 3. The van der Waals surface area contributed by atoms with Gasteiger partial charge >= 0.3 is 0 Å². The van der Waals surface area contributed by atoms with Crippen molar-refractivity contribution in [2.75, 3.05) is 13.9 Å². The molecule has 0 heterocycles. The van der Waals surface area contributed by atoms with Crippen LogP contribution in [0.25, 0.3) is 0 Å². The number of phenols is 1. The fraction of sp³-hybridized carbons (Fsp3) is 0.250. The first-order valence-electron chi connectivity index (χ1n) is 3.45. The van der Waals surface area contributed by atoms with E-state index in [9.17, 15) is 0 Å². The molecule has 1 aromatic carbocycles. The molecular formula is C8H8Cl2O3.